The van der Waals surface area contributed by atoms with Crippen molar-refractivity contribution in [1.82, 2.24) is 10.6 Å². The Hall–Kier alpha value is -0.730. The minimum absolute atomic E-state index is 0.0715. The van der Waals surface area contributed by atoms with Crippen molar-refractivity contribution in [2.75, 3.05) is 0 Å². The van der Waals surface area contributed by atoms with Crippen LogP contribution >= 0.6 is 0 Å². The summed E-state index contributed by atoms with van der Waals surface area (Å²) in [5, 5.41) is 6.37. The van der Waals surface area contributed by atoms with Crippen LogP contribution in [0.1, 0.15) is 64.7 Å². The van der Waals surface area contributed by atoms with Gasteiger partial charge in [0.1, 0.15) is 0 Å². The predicted octanol–water partition coefficient (Wildman–Crippen LogP) is 3.44. The topological polar surface area (TPSA) is 41.1 Å². The smallest absolute Gasteiger partial charge is 0.315 e. The first-order valence-electron chi connectivity index (χ1n) is 8.29. The summed E-state index contributed by atoms with van der Waals surface area (Å²) in [5.74, 6) is 2.58. The number of hydrogen-bond acceptors (Lipinski definition) is 1. The van der Waals surface area contributed by atoms with Crippen LogP contribution < -0.4 is 10.6 Å². The Bertz CT molecular complexity index is 325. The van der Waals surface area contributed by atoms with Crippen molar-refractivity contribution in [1.29, 1.82) is 0 Å². The molecule has 3 saturated carbocycles. The summed E-state index contributed by atoms with van der Waals surface area (Å²) in [6.07, 6.45) is 11.8. The molecule has 3 aliphatic rings. The van der Waals surface area contributed by atoms with Gasteiger partial charge < -0.3 is 10.6 Å². The molecular weight excluding hydrogens is 236 g/mol. The Morgan fingerprint density at radius 3 is 2.47 bits per heavy atom. The summed E-state index contributed by atoms with van der Waals surface area (Å²) in [7, 11) is 0. The molecule has 0 spiro atoms. The van der Waals surface area contributed by atoms with Gasteiger partial charge in [-0.25, -0.2) is 4.79 Å². The van der Waals surface area contributed by atoms with Crippen molar-refractivity contribution in [3.63, 3.8) is 0 Å². The van der Waals surface area contributed by atoms with Crippen molar-refractivity contribution in [3.05, 3.63) is 0 Å². The molecule has 108 valence electrons. The van der Waals surface area contributed by atoms with Gasteiger partial charge in [-0.3, -0.25) is 0 Å². The highest BCUT2D eigenvalue weighted by Gasteiger charge is 2.42. The van der Waals surface area contributed by atoms with E-state index in [4.69, 9.17) is 0 Å². The van der Waals surface area contributed by atoms with Gasteiger partial charge in [0.2, 0.25) is 0 Å². The Kier molecular flexibility index (Phi) is 3.99. The summed E-state index contributed by atoms with van der Waals surface area (Å²) in [6.45, 7) is 2.20. The molecule has 0 aliphatic heterocycles. The van der Waals surface area contributed by atoms with Crippen LogP contribution in [0.3, 0.4) is 0 Å². The van der Waals surface area contributed by atoms with Gasteiger partial charge >= 0.3 is 6.03 Å². The van der Waals surface area contributed by atoms with E-state index >= 15 is 0 Å². The van der Waals surface area contributed by atoms with E-state index in [1.807, 2.05) is 0 Å². The van der Waals surface area contributed by atoms with Gasteiger partial charge in [-0.05, 0) is 56.8 Å². The zero-order valence-electron chi connectivity index (χ0n) is 12.2. The number of fused-ring (bicyclic) bond motifs is 2. The van der Waals surface area contributed by atoms with Crippen molar-refractivity contribution in [3.8, 4) is 0 Å². The van der Waals surface area contributed by atoms with E-state index in [1.165, 1.54) is 44.9 Å². The molecule has 3 fully saturated rings. The highest BCUT2D eigenvalue weighted by molar-refractivity contribution is 5.74. The SMILES string of the molecule is C[C@@H](NC(=O)NC1CCCCC1)[C@@H]1C[C@@H]2CC[C@@H]1C2. The molecule has 2 bridgehead atoms. The van der Waals surface area contributed by atoms with E-state index in [-0.39, 0.29) is 6.03 Å². The number of nitrogens with one attached hydrogen (secondary N) is 2. The molecule has 3 heteroatoms. The van der Waals surface area contributed by atoms with Gasteiger partial charge in [-0.15, -0.1) is 0 Å². The van der Waals surface area contributed by atoms with Gasteiger partial charge in [-0.1, -0.05) is 25.7 Å². The summed E-state index contributed by atoms with van der Waals surface area (Å²) < 4.78 is 0. The molecule has 0 heterocycles. The summed E-state index contributed by atoms with van der Waals surface area (Å²) in [6, 6.07) is 0.835. The first kappa shape index (κ1) is 13.3. The standard InChI is InChI=1S/C16H28N2O/c1-11(15-10-12-7-8-13(15)9-12)17-16(19)18-14-5-3-2-4-6-14/h11-15H,2-10H2,1H3,(H2,17,18,19)/t11-,12-,13-,15+/m1/s1. The molecule has 0 aromatic carbocycles. The molecule has 19 heavy (non-hydrogen) atoms. The second-order valence-corrected chi connectivity index (χ2v) is 7.08. The molecule has 0 saturated heterocycles. The third-order valence-corrected chi connectivity index (χ3v) is 5.73. The van der Waals surface area contributed by atoms with E-state index in [0.29, 0.717) is 12.1 Å². The second kappa shape index (κ2) is 5.72. The van der Waals surface area contributed by atoms with Crippen molar-refractivity contribution in [2.24, 2.45) is 17.8 Å². The van der Waals surface area contributed by atoms with Crippen LogP contribution in [0, 0.1) is 17.8 Å². The average Bonchev–Trinajstić information content (AvgIpc) is 3.02. The molecule has 0 aromatic rings. The lowest BCUT2D eigenvalue weighted by molar-refractivity contribution is 0.213. The van der Waals surface area contributed by atoms with Gasteiger partial charge in [0.15, 0.2) is 0 Å². The van der Waals surface area contributed by atoms with E-state index < -0.39 is 0 Å². The Balaban J connectivity index is 1.43. The first-order chi connectivity index (χ1) is 9.22. The number of amides is 2. The molecule has 3 nitrogen and oxygen atoms in total. The molecule has 0 radical (unpaired) electrons. The summed E-state index contributed by atoms with van der Waals surface area (Å²) >= 11 is 0. The lowest BCUT2D eigenvalue weighted by Crippen LogP contribution is -2.48. The molecule has 2 amide bonds. The highest BCUT2D eigenvalue weighted by atomic mass is 16.2. The zero-order chi connectivity index (χ0) is 13.2. The van der Waals surface area contributed by atoms with Crippen molar-refractivity contribution in [2.45, 2.75) is 76.8 Å². The fourth-order valence-corrected chi connectivity index (χ4v) is 4.69. The van der Waals surface area contributed by atoms with Gasteiger partial charge in [-0.2, -0.15) is 0 Å². The van der Waals surface area contributed by atoms with Crippen LogP contribution in [0.5, 0.6) is 0 Å². The van der Waals surface area contributed by atoms with Crippen LogP contribution in [0.2, 0.25) is 0 Å². The van der Waals surface area contributed by atoms with E-state index in [0.717, 1.165) is 30.6 Å². The molecule has 0 aromatic heterocycles. The third-order valence-electron chi connectivity index (χ3n) is 5.73. The molecule has 2 N–H and O–H groups in total. The van der Waals surface area contributed by atoms with Gasteiger partial charge in [0.05, 0.1) is 0 Å². The second-order valence-electron chi connectivity index (χ2n) is 7.08. The van der Waals surface area contributed by atoms with Crippen LogP contribution in [-0.4, -0.2) is 18.1 Å². The summed E-state index contributed by atoms with van der Waals surface area (Å²) in [5.41, 5.74) is 0. The van der Waals surface area contributed by atoms with E-state index in [2.05, 4.69) is 17.6 Å². The molecule has 3 aliphatic carbocycles. The fraction of sp³-hybridized carbons (Fsp3) is 0.938. The van der Waals surface area contributed by atoms with Gasteiger partial charge in [0, 0.05) is 12.1 Å². The maximum Gasteiger partial charge on any atom is 0.315 e. The molecule has 3 rings (SSSR count). The van der Waals surface area contributed by atoms with Crippen LogP contribution in [0.25, 0.3) is 0 Å². The van der Waals surface area contributed by atoms with Crippen molar-refractivity contribution >= 4 is 6.03 Å². The molecule has 4 atom stereocenters. The van der Waals surface area contributed by atoms with Crippen LogP contribution in [0.4, 0.5) is 4.79 Å². The predicted molar refractivity (Wildman–Crippen MR) is 76.9 cm³/mol. The Labute approximate surface area is 116 Å². The third kappa shape index (κ3) is 3.06. The number of carbonyl (C=O) groups excluding carboxylic acids is 1. The number of hydrogen-bond donors (Lipinski definition) is 2. The van der Waals surface area contributed by atoms with Crippen LogP contribution in [-0.2, 0) is 0 Å². The minimum atomic E-state index is 0.0715. The summed E-state index contributed by atoms with van der Waals surface area (Å²) in [4.78, 5) is 12.1. The Morgan fingerprint density at radius 2 is 1.84 bits per heavy atom. The quantitative estimate of drug-likeness (QED) is 0.805. The minimum Gasteiger partial charge on any atom is -0.335 e. The average molecular weight is 264 g/mol. The maximum absolute atomic E-state index is 12.1. The molecular formula is C16H28N2O. The van der Waals surface area contributed by atoms with Crippen molar-refractivity contribution < 1.29 is 4.79 Å². The normalized spacial score (nSPS) is 36.2. The molecule has 0 unspecified atom stereocenters. The lowest BCUT2D eigenvalue weighted by atomic mass is 9.84. The number of carbonyl (C=O) groups is 1. The number of urea groups is 1. The first-order valence-corrected chi connectivity index (χ1v) is 8.29. The van der Waals surface area contributed by atoms with Crippen LogP contribution in [0.15, 0.2) is 0 Å². The highest BCUT2D eigenvalue weighted by Crippen LogP contribution is 2.49. The largest absolute Gasteiger partial charge is 0.335 e. The maximum atomic E-state index is 12.1. The number of rotatable bonds is 3. The fourth-order valence-electron chi connectivity index (χ4n) is 4.69. The lowest BCUT2D eigenvalue weighted by Gasteiger charge is -2.30. The van der Waals surface area contributed by atoms with E-state index in [1.54, 1.807) is 0 Å². The zero-order valence-corrected chi connectivity index (χ0v) is 12.2. The van der Waals surface area contributed by atoms with E-state index in [9.17, 15) is 4.79 Å². The van der Waals surface area contributed by atoms with Gasteiger partial charge in [0.25, 0.3) is 0 Å². The monoisotopic (exact) mass is 264 g/mol. The Morgan fingerprint density at radius 1 is 1.05 bits per heavy atom.